The maximum Gasteiger partial charge on any atom is 0.321 e. The van der Waals surface area contributed by atoms with Crippen molar-refractivity contribution in [2.24, 2.45) is 0 Å². The molecule has 0 aromatic heterocycles. The van der Waals surface area contributed by atoms with Gasteiger partial charge >= 0.3 is 5.97 Å². The van der Waals surface area contributed by atoms with Crippen LogP contribution in [0.1, 0.15) is 18.4 Å². The lowest BCUT2D eigenvalue weighted by Crippen LogP contribution is -2.40. The fourth-order valence-electron chi connectivity index (χ4n) is 2.97. The molecule has 1 unspecified atom stereocenters. The zero-order chi connectivity index (χ0) is 16.1. The van der Waals surface area contributed by atoms with E-state index in [0.717, 1.165) is 43.0 Å². The van der Waals surface area contributed by atoms with E-state index >= 15 is 0 Å². The van der Waals surface area contributed by atoms with Crippen LogP contribution in [0.25, 0.3) is 0 Å². The highest BCUT2D eigenvalue weighted by Gasteiger charge is 2.27. The summed E-state index contributed by atoms with van der Waals surface area (Å²) in [5, 5.41) is 9.48. The third-order valence-electron chi connectivity index (χ3n) is 4.20. The minimum absolute atomic E-state index is 0.432. The van der Waals surface area contributed by atoms with Crippen LogP contribution in [0.4, 0.5) is 0 Å². The summed E-state index contributed by atoms with van der Waals surface area (Å²) in [5.74, 6) is 0.810. The number of carboxylic acid groups (broad SMARTS) is 1. The van der Waals surface area contributed by atoms with Gasteiger partial charge in [-0.05, 0) is 62.2 Å². The number of carboxylic acids is 1. The first kappa shape index (κ1) is 15.6. The summed E-state index contributed by atoms with van der Waals surface area (Å²) in [7, 11) is 0. The number of hydrogen-bond acceptors (Lipinski definition) is 3. The number of benzene rings is 2. The van der Waals surface area contributed by atoms with Crippen molar-refractivity contribution in [3.8, 4) is 11.5 Å². The number of ether oxygens (including phenoxy) is 1. The smallest absolute Gasteiger partial charge is 0.321 e. The second-order valence-corrected chi connectivity index (χ2v) is 5.86. The Morgan fingerprint density at radius 2 is 1.61 bits per heavy atom. The number of hydrogen-bond donors (Lipinski definition) is 1. The van der Waals surface area contributed by atoms with Crippen molar-refractivity contribution in [3.63, 3.8) is 0 Å². The molecular formula is C19H21NO3. The van der Waals surface area contributed by atoms with E-state index in [0.29, 0.717) is 6.42 Å². The Bertz CT molecular complexity index is 633. The molecule has 1 heterocycles. The van der Waals surface area contributed by atoms with Gasteiger partial charge in [-0.2, -0.15) is 0 Å². The zero-order valence-electron chi connectivity index (χ0n) is 13.0. The normalized spacial score (nSPS) is 16.2. The number of aliphatic carboxylic acids is 1. The topological polar surface area (TPSA) is 49.8 Å². The van der Waals surface area contributed by atoms with Gasteiger partial charge in [-0.25, -0.2) is 0 Å². The number of carbonyl (C=O) groups is 1. The predicted octanol–water partition coefficient (Wildman–Crippen LogP) is 3.57. The Labute approximate surface area is 136 Å². The van der Waals surface area contributed by atoms with Crippen LogP contribution >= 0.6 is 0 Å². The first-order valence-electron chi connectivity index (χ1n) is 8.01. The molecule has 1 atom stereocenters. The molecule has 0 spiro atoms. The Morgan fingerprint density at radius 3 is 2.22 bits per heavy atom. The Balaban J connectivity index is 1.65. The van der Waals surface area contributed by atoms with Crippen LogP contribution in [0.5, 0.6) is 11.5 Å². The molecule has 1 fully saturated rings. The van der Waals surface area contributed by atoms with Crippen molar-refractivity contribution in [3.05, 3.63) is 60.2 Å². The van der Waals surface area contributed by atoms with Gasteiger partial charge < -0.3 is 9.84 Å². The van der Waals surface area contributed by atoms with E-state index in [1.807, 2.05) is 54.6 Å². The Hall–Kier alpha value is -2.33. The largest absolute Gasteiger partial charge is 0.480 e. The fraction of sp³-hybridized carbons (Fsp3) is 0.316. The van der Waals surface area contributed by atoms with E-state index in [4.69, 9.17) is 4.74 Å². The van der Waals surface area contributed by atoms with Gasteiger partial charge in [-0.1, -0.05) is 30.3 Å². The van der Waals surface area contributed by atoms with E-state index in [1.54, 1.807) is 0 Å². The van der Waals surface area contributed by atoms with E-state index in [9.17, 15) is 9.90 Å². The van der Waals surface area contributed by atoms with Crippen LogP contribution in [-0.4, -0.2) is 35.1 Å². The molecular weight excluding hydrogens is 290 g/mol. The van der Waals surface area contributed by atoms with Gasteiger partial charge in [0.25, 0.3) is 0 Å². The molecule has 1 saturated heterocycles. The van der Waals surface area contributed by atoms with Crippen molar-refractivity contribution in [2.45, 2.75) is 25.3 Å². The second-order valence-electron chi connectivity index (χ2n) is 5.86. The second kappa shape index (κ2) is 7.29. The highest BCUT2D eigenvalue weighted by molar-refractivity contribution is 5.74. The molecule has 0 aliphatic carbocycles. The third-order valence-corrected chi connectivity index (χ3v) is 4.20. The minimum Gasteiger partial charge on any atom is -0.480 e. The number of nitrogens with zero attached hydrogens (tertiary/aromatic N) is 1. The van der Waals surface area contributed by atoms with Gasteiger partial charge in [-0.15, -0.1) is 0 Å². The summed E-state index contributed by atoms with van der Waals surface area (Å²) in [6.45, 7) is 1.76. The Morgan fingerprint density at radius 1 is 1.00 bits per heavy atom. The lowest BCUT2D eigenvalue weighted by Gasteiger charge is -2.23. The lowest BCUT2D eigenvalue weighted by atomic mass is 10.0. The summed E-state index contributed by atoms with van der Waals surface area (Å²) < 4.78 is 5.76. The standard InChI is InChI=1S/C19H21NO3/c21-19(22)18(20-12-4-5-13-20)14-15-8-10-17(11-9-15)23-16-6-2-1-3-7-16/h1-3,6-11,18H,4-5,12-14H2,(H,21,22). The SMILES string of the molecule is O=C(O)C(Cc1ccc(Oc2ccccc2)cc1)N1CCCC1. The van der Waals surface area contributed by atoms with Gasteiger partial charge in [0.05, 0.1) is 0 Å². The zero-order valence-corrected chi connectivity index (χ0v) is 13.0. The summed E-state index contributed by atoms with van der Waals surface area (Å²) in [5.41, 5.74) is 1.02. The van der Waals surface area contributed by atoms with Crippen molar-refractivity contribution < 1.29 is 14.6 Å². The average molecular weight is 311 g/mol. The quantitative estimate of drug-likeness (QED) is 0.886. The third kappa shape index (κ3) is 4.11. The monoisotopic (exact) mass is 311 g/mol. The Kier molecular flexibility index (Phi) is 4.93. The van der Waals surface area contributed by atoms with Gasteiger partial charge in [0, 0.05) is 0 Å². The van der Waals surface area contributed by atoms with Crippen LogP contribution in [-0.2, 0) is 11.2 Å². The molecule has 1 aliphatic rings. The molecule has 0 amide bonds. The fourth-order valence-corrected chi connectivity index (χ4v) is 2.97. The molecule has 1 aliphatic heterocycles. The summed E-state index contributed by atoms with van der Waals surface area (Å²) >= 11 is 0. The van der Waals surface area contributed by atoms with Gasteiger partial charge in [-0.3, -0.25) is 9.69 Å². The predicted molar refractivity (Wildman–Crippen MR) is 88.9 cm³/mol. The van der Waals surface area contributed by atoms with Crippen LogP contribution in [0, 0.1) is 0 Å². The van der Waals surface area contributed by atoms with E-state index in [1.165, 1.54) is 0 Å². The maximum atomic E-state index is 11.5. The van der Waals surface area contributed by atoms with Gasteiger partial charge in [0.1, 0.15) is 17.5 Å². The number of likely N-dealkylation sites (tertiary alicyclic amines) is 1. The molecule has 1 N–H and O–H groups in total. The van der Waals surface area contributed by atoms with E-state index in [-0.39, 0.29) is 0 Å². The minimum atomic E-state index is -0.739. The molecule has 2 aromatic rings. The van der Waals surface area contributed by atoms with Crippen molar-refractivity contribution >= 4 is 5.97 Å². The highest BCUT2D eigenvalue weighted by Crippen LogP contribution is 2.22. The van der Waals surface area contributed by atoms with Gasteiger partial charge in [0.2, 0.25) is 0 Å². The molecule has 0 radical (unpaired) electrons. The average Bonchev–Trinajstić information content (AvgIpc) is 3.09. The number of para-hydroxylation sites is 1. The van der Waals surface area contributed by atoms with Crippen molar-refractivity contribution in [1.29, 1.82) is 0 Å². The lowest BCUT2D eigenvalue weighted by molar-refractivity contribution is -0.142. The molecule has 0 saturated carbocycles. The van der Waals surface area contributed by atoms with E-state index in [2.05, 4.69) is 4.90 Å². The number of rotatable bonds is 6. The van der Waals surface area contributed by atoms with Gasteiger partial charge in [0.15, 0.2) is 0 Å². The summed E-state index contributed by atoms with van der Waals surface area (Å²) in [4.78, 5) is 13.6. The molecule has 23 heavy (non-hydrogen) atoms. The molecule has 3 rings (SSSR count). The highest BCUT2D eigenvalue weighted by atomic mass is 16.5. The molecule has 120 valence electrons. The molecule has 2 aromatic carbocycles. The first-order valence-corrected chi connectivity index (χ1v) is 8.01. The maximum absolute atomic E-state index is 11.5. The van der Waals surface area contributed by atoms with Crippen LogP contribution in [0.15, 0.2) is 54.6 Å². The van der Waals surface area contributed by atoms with Crippen LogP contribution < -0.4 is 4.74 Å². The summed E-state index contributed by atoms with van der Waals surface area (Å²) in [6.07, 6.45) is 2.71. The van der Waals surface area contributed by atoms with Crippen molar-refractivity contribution in [2.75, 3.05) is 13.1 Å². The van der Waals surface area contributed by atoms with Crippen molar-refractivity contribution in [1.82, 2.24) is 4.90 Å². The molecule has 4 nitrogen and oxygen atoms in total. The van der Waals surface area contributed by atoms with E-state index < -0.39 is 12.0 Å². The van der Waals surface area contributed by atoms with Crippen LogP contribution in [0.2, 0.25) is 0 Å². The van der Waals surface area contributed by atoms with Crippen LogP contribution in [0.3, 0.4) is 0 Å². The summed E-state index contributed by atoms with van der Waals surface area (Å²) in [6, 6.07) is 16.9. The first-order chi connectivity index (χ1) is 11.2. The molecule has 0 bridgehead atoms. The molecule has 4 heteroatoms.